The first-order chi connectivity index (χ1) is 16.6. The lowest BCUT2D eigenvalue weighted by molar-refractivity contribution is 0.0698. The molecule has 0 radical (unpaired) electrons. The quantitative estimate of drug-likeness (QED) is 0.650. The third-order valence-electron chi connectivity index (χ3n) is 6.85. The fourth-order valence-electron chi connectivity index (χ4n) is 4.90. The highest BCUT2D eigenvalue weighted by molar-refractivity contribution is 5.98. The molecule has 0 spiro atoms. The molecular weight excluding hydrogens is 430 g/mol. The van der Waals surface area contributed by atoms with Gasteiger partial charge in [-0.1, -0.05) is 12.8 Å². The van der Waals surface area contributed by atoms with E-state index in [9.17, 15) is 14.4 Å². The zero-order valence-electron chi connectivity index (χ0n) is 19.2. The van der Waals surface area contributed by atoms with Crippen molar-refractivity contribution in [2.75, 3.05) is 13.1 Å². The number of benzene rings is 1. The molecule has 34 heavy (non-hydrogen) atoms. The molecule has 0 aliphatic carbocycles. The molecule has 1 saturated heterocycles. The highest BCUT2D eigenvalue weighted by Crippen LogP contribution is 2.19. The number of amides is 2. The van der Waals surface area contributed by atoms with Gasteiger partial charge in [-0.2, -0.15) is 0 Å². The first-order valence-corrected chi connectivity index (χ1v) is 12.1. The molecular formula is C26H29N5O3. The van der Waals surface area contributed by atoms with Crippen LogP contribution in [-0.2, 0) is 13.0 Å². The van der Waals surface area contributed by atoms with Gasteiger partial charge in [0.2, 0.25) is 0 Å². The number of hydrogen-bond donors (Lipinski definition) is 1. The largest absolute Gasteiger partial charge is 0.349 e. The number of aryl methyl sites for hydroxylation is 1. The minimum atomic E-state index is -0.139. The number of fused-ring (bicyclic) bond motifs is 2. The van der Waals surface area contributed by atoms with E-state index in [4.69, 9.17) is 4.98 Å². The lowest BCUT2D eigenvalue weighted by Gasteiger charge is -2.32. The Morgan fingerprint density at radius 3 is 2.59 bits per heavy atom. The van der Waals surface area contributed by atoms with Crippen LogP contribution in [0.2, 0.25) is 0 Å². The van der Waals surface area contributed by atoms with Gasteiger partial charge in [0.25, 0.3) is 17.4 Å². The maximum Gasteiger partial charge on any atom is 0.261 e. The Bertz CT molecular complexity index is 1260. The molecule has 0 saturated carbocycles. The fraction of sp³-hybridized carbons (Fsp3) is 0.423. The predicted molar refractivity (Wildman–Crippen MR) is 129 cm³/mol. The molecule has 8 nitrogen and oxygen atoms in total. The number of carbonyl (C=O) groups excluding carboxylic acids is 2. The third kappa shape index (κ3) is 4.58. The predicted octanol–water partition coefficient (Wildman–Crippen LogP) is 2.94. The second-order valence-corrected chi connectivity index (χ2v) is 9.16. The van der Waals surface area contributed by atoms with Crippen LogP contribution >= 0.6 is 0 Å². The fourth-order valence-corrected chi connectivity index (χ4v) is 4.90. The van der Waals surface area contributed by atoms with Crippen LogP contribution in [0.1, 0.15) is 65.1 Å². The van der Waals surface area contributed by atoms with Crippen LogP contribution in [0.3, 0.4) is 0 Å². The summed E-state index contributed by atoms with van der Waals surface area (Å²) >= 11 is 0. The average molecular weight is 460 g/mol. The number of likely N-dealkylation sites (tertiary alicyclic amines) is 1. The monoisotopic (exact) mass is 459 g/mol. The Morgan fingerprint density at radius 2 is 1.79 bits per heavy atom. The molecule has 8 heteroatoms. The summed E-state index contributed by atoms with van der Waals surface area (Å²) in [5.41, 5.74) is 1.68. The molecule has 0 atom stereocenters. The summed E-state index contributed by atoms with van der Waals surface area (Å²) in [7, 11) is 0. The van der Waals surface area contributed by atoms with Crippen LogP contribution in [0.4, 0.5) is 0 Å². The molecule has 0 bridgehead atoms. The smallest absolute Gasteiger partial charge is 0.261 e. The third-order valence-corrected chi connectivity index (χ3v) is 6.85. The molecule has 176 valence electrons. The summed E-state index contributed by atoms with van der Waals surface area (Å²) in [6.45, 7) is 1.84. The van der Waals surface area contributed by atoms with E-state index in [-0.39, 0.29) is 23.4 Å². The number of rotatable bonds is 3. The topological polar surface area (TPSA) is 97.2 Å². The van der Waals surface area contributed by atoms with E-state index in [0.717, 1.165) is 37.9 Å². The van der Waals surface area contributed by atoms with Crippen molar-refractivity contribution in [2.24, 2.45) is 0 Å². The Labute approximate surface area is 198 Å². The zero-order chi connectivity index (χ0) is 23.5. The Balaban J connectivity index is 1.28. The van der Waals surface area contributed by atoms with E-state index < -0.39 is 0 Å². The minimum Gasteiger partial charge on any atom is -0.349 e. The maximum absolute atomic E-state index is 13.2. The molecule has 1 aromatic carbocycles. The van der Waals surface area contributed by atoms with Gasteiger partial charge in [0.1, 0.15) is 5.82 Å². The Kier molecular flexibility index (Phi) is 6.38. The van der Waals surface area contributed by atoms with Crippen molar-refractivity contribution in [1.82, 2.24) is 24.8 Å². The highest BCUT2D eigenvalue weighted by Gasteiger charge is 2.25. The average Bonchev–Trinajstić information content (AvgIpc) is 2.85. The van der Waals surface area contributed by atoms with Crippen LogP contribution in [-0.4, -0.2) is 50.4 Å². The van der Waals surface area contributed by atoms with Crippen molar-refractivity contribution in [3.8, 4) is 0 Å². The summed E-state index contributed by atoms with van der Waals surface area (Å²) < 4.78 is 1.81. The lowest BCUT2D eigenvalue weighted by Crippen LogP contribution is -2.46. The molecule has 2 aromatic heterocycles. The summed E-state index contributed by atoms with van der Waals surface area (Å²) in [5.74, 6) is 0.624. The molecule has 2 amide bonds. The van der Waals surface area contributed by atoms with Crippen molar-refractivity contribution in [3.05, 3.63) is 70.0 Å². The van der Waals surface area contributed by atoms with Crippen molar-refractivity contribution in [3.63, 3.8) is 0 Å². The first kappa shape index (κ1) is 22.3. The number of nitrogens with zero attached hydrogens (tertiary/aromatic N) is 4. The number of pyridine rings is 1. The van der Waals surface area contributed by atoms with Crippen molar-refractivity contribution < 1.29 is 9.59 Å². The van der Waals surface area contributed by atoms with E-state index >= 15 is 0 Å². The molecule has 1 fully saturated rings. The van der Waals surface area contributed by atoms with E-state index in [1.165, 1.54) is 0 Å². The van der Waals surface area contributed by atoms with Crippen LogP contribution in [0.5, 0.6) is 0 Å². The summed E-state index contributed by atoms with van der Waals surface area (Å²) in [5, 5.41) is 3.61. The van der Waals surface area contributed by atoms with Crippen LogP contribution < -0.4 is 10.9 Å². The highest BCUT2D eigenvalue weighted by atomic mass is 16.2. The minimum absolute atomic E-state index is 0.00827. The second kappa shape index (κ2) is 9.75. The maximum atomic E-state index is 13.2. The normalized spacial score (nSPS) is 17.0. The number of hydrogen-bond acceptors (Lipinski definition) is 5. The van der Waals surface area contributed by atoms with Crippen molar-refractivity contribution in [2.45, 2.75) is 57.5 Å². The molecule has 5 rings (SSSR count). The van der Waals surface area contributed by atoms with Crippen molar-refractivity contribution >= 4 is 22.7 Å². The molecule has 3 aromatic rings. The lowest BCUT2D eigenvalue weighted by atomic mass is 10.0. The standard InChI is InChI=1S/C26H29N5O3/c32-24(19-6-5-12-27-17-19)28-20-10-14-30(15-11-20)25(33)18-8-9-21-22(16-18)29-23-7-3-1-2-4-13-31(23)26(21)34/h5-6,8-9,12,16-17,20H,1-4,7,10-11,13-15H2,(H,28,32). The number of nitrogens with one attached hydrogen (secondary N) is 1. The van der Waals surface area contributed by atoms with Gasteiger partial charge in [0.05, 0.1) is 16.5 Å². The van der Waals surface area contributed by atoms with Crippen LogP contribution in [0.15, 0.2) is 47.5 Å². The van der Waals surface area contributed by atoms with Crippen LogP contribution in [0.25, 0.3) is 10.9 Å². The van der Waals surface area contributed by atoms with Crippen LogP contribution in [0, 0.1) is 0 Å². The second-order valence-electron chi connectivity index (χ2n) is 9.16. The molecule has 0 unspecified atom stereocenters. The number of aromatic nitrogens is 3. The van der Waals surface area contributed by atoms with Gasteiger partial charge < -0.3 is 10.2 Å². The Morgan fingerprint density at radius 1 is 0.971 bits per heavy atom. The van der Waals surface area contributed by atoms with E-state index in [1.54, 1.807) is 42.7 Å². The molecule has 2 aliphatic rings. The van der Waals surface area contributed by atoms with E-state index in [1.807, 2.05) is 9.47 Å². The summed E-state index contributed by atoms with van der Waals surface area (Å²) in [6.07, 6.45) is 9.69. The van der Waals surface area contributed by atoms with Gasteiger partial charge in [-0.25, -0.2) is 4.98 Å². The Hall–Kier alpha value is -3.55. The summed E-state index contributed by atoms with van der Waals surface area (Å²) in [6, 6.07) is 8.73. The van der Waals surface area contributed by atoms with Crippen molar-refractivity contribution in [1.29, 1.82) is 0 Å². The van der Waals surface area contributed by atoms with Gasteiger partial charge in [-0.05, 0) is 56.0 Å². The molecule has 4 heterocycles. The SMILES string of the molecule is O=C(NC1CCN(C(=O)c2ccc3c(=O)n4c(nc3c2)CCCCCC4)CC1)c1cccnc1. The van der Waals surface area contributed by atoms with Gasteiger partial charge in [-0.3, -0.25) is 23.9 Å². The van der Waals surface area contributed by atoms with E-state index in [0.29, 0.717) is 54.5 Å². The number of piperidine rings is 1. The zero-order valence-corrected chi connectivity index (χ0v) is 19.2. The van der Waals surface area contributed by atoms with Gasteiger partial charge in [0, 0.05) is 50.1 Å². The molecule has 1 N–H and O–H groups in total. The first-order valence-electron chi connectivity index (χ1n) is 12.1. The van der Waals surface area contributed by atoms with Gasteiger partial charge in [-0.15, -0.1) is 0 Å². The molecule has 2 aliphatic heterocycles. The summed E-state index contributed by atoms with van der Waals surface area (Å²) in [4.78, 5) is 49.2. The van der Waals surface area contributed by atoms with E-state index in [2.05, 4.69) is 10.3 Å². The number of carbonyl (C=O) groups is 2. The van der Waals surface area contributed by atoms with Gasteiger partial charge in [0.15, 0.2) is 0 Å². The van der Waals surface area contributed by atoms with Gasteiger partial charge >= 0.3 is 0 Å².